The Morgan fingerprint density at radius 1 is 1.35 bits per heavy atom. The molecule has 0 spiro atoms. The molecular weight excluding hydrogens is 252 g/mol. The average molecular weight is 278 g/mol. The Labute approximate surface area is 121 Å². The lowest BCUT2D eigenvalue weighted by atomic mass is 10.1. The molecule has 1 saturated heterocycles. The minimum Gasteiger partial charge on any atom is -0.375 e. The number of nitrogens with one attached hydrogen (secondary N) is 1. The summed E-state index contributed by atoms with van der Waals surface area (Å²) >= 11 is 0. The maximum absolute atomic E-state index is 5.78. The van der Waals surface area contributed by atoms with Gasteiger partial charge < -0.3 is 15.0 Å². The van der Waals surface area contributed by atoms with Crippen LogP contribution >= 0.6 is 0 Å². The van der Waals surface area contributed by atoms with Gasteiger partial charge in [0.2, 0.25) is 0 Å². The van der Waals surface area contributed by atoms with Crippen LogP contribution in [-0.2, 0) is 11.2 Å². The fraction of sp³-hybridized carbons (Fsp3) is 0.733. The smallest absolute Gasteiger partial charge is 0.137 e. The van der Waals surface area contributed by atoms with Gasteiger partial charge in [0, 0.05) is 18.7 Å². The molecule has 1 aliphatic heterocycles. The van der Waals surface area contributed by atoms with Crippen LogP contribution in [0.5, 0.6) is 0 Å². The van der Waals surface area contributed by atoms with Crippen molar-refractivity contribution in [1.29, 1.82) is 0 Å². The molecule has 0 amide bonds. The van der Waals surface area contributed by atoms with Crippen molar-refractivity contribution in [2.24, 2.45) is 0 Å². The number of ether oxygens (including phenoxy) is 1. The summed E-state index contributed by atoms with van der Waals surface area (Å²) < 4.78 is 5.78. The van der Waals surface area contributed by atoms with Gasteiger partial charge in [-0.1, -0.05) is 13.8 Å². The van der Waals surface area contributed by atoms with Crippen LogP contribution in [0.15, 0.2) is 6.33 Å². The highest BCUT2D eigenvalue weighted by atomic mass is 16.5. The van der Waals surface area contributed by atoms with E-state index in [1.54, 1.807) is 6.33 Å². The zero-order chi connectivity index (χ0) is 14.5. The lowest BCUT2D eigenvalue weighted by molar-refractivity contribution is 0.0295. The number of anilines is 2. The van der Waals surface area contributed by atoms with E-state index in [9.17, 15) is 0 Å². The first kappa shape index (κ1) is 15.0. The third-order valence-corrected chi connectivity index (χ3v) is 3.83. The highest BCUT2D eigenvalue weighted by molar-refractivity contribution is 5.59. The third-order valence-electron chi connectivity index (χ3n) is 3.83. The minimum absolute atomic E-state index is 0.250. The SMILES string of the molecule is CCNc1ncnc(N2CC(C)OCC2CC)c1CC. The van der Waals surface area contributed by atoms with Gasteiger partial charge in [-0.2, -0.15) is 0 Å². The Bertz CT molecular complexity index is 438. The van der Waals surface area contributed by atoms with Crippen molar-refractivity contribution in [3.63, 3.8) is 0 Å². The van der Waals surface area contributed by atoms with Gasteiger partial charge in [-0.3, -0.25) is 0 Å². The molecule has 5 heteroatoms. The molecule has 2 atom stereocenters. The lowest BCUT2D eigenvalue weighted by Crippen LogP contribution is -2.49. The topological polar surface area (TPSA) is 50.3 Å². The standard InChI is InChI=1S/C15H26N4O/c1-5-12-9-20-11(4)8-19(12)15-13(6-2)14(16-7-3)17-10-18-15/h10-12H,5-9H2,1-4H3,(H,16,17,18). The van der Waals surface area contributed by atoms with Crippen LogP contribution in [0.25, 0.3) is 0 Å². The van der Waals surface area contributed by atoms with Gasteiger partial charge in [0.15, 0.2) is 0 Å². The summed E-state index contributed by atoms with van der Waals surface area (Å²) in [6.45, 7) is 11.1. The Balaban J connectivity index is 2.36. The summed E-state index contributed by atoms with van der Waals surface area (Å²) in [5.41, 5.74) is 1.21. The zero-order valence-corrected chi connectivity index (χ0v) is 13.0. The molecule has 0 saturated carbocycles. The van der Waals surface area contributed by atoms with Crippen molar-refractivity contribution in [1.82, 2.24) is 9.97 Å². The van der Waals surface area contributed by atoms with Gasteiger partial charge in [-0.15, -0.1) is 0 Å². The minimum atomic E-state index is 0.250. The second kappa shape index (κ2) is 6.88. The molecular formula is C15H26N4O. The molecule has 0 aliphatic carbocycles. The van der Waals surface area contributed by atoms with Crippen LogP contribution in [0.3, 0.4) is 0 Å². The largest absolute Gasteiger partial charge is 0.375 e. The number of rotatable bonds is 5. The summed E-state index contributed by atoms with van der Waals surface area (Å²) in [7, 11) is 0. The molecule has 2 unspecified atom stereocenters. The van der Waals surface area contributed by atoms with Crippen LogP contribution in [0.4, 0.5) is 11.6 Å². The zero-order valence-electron chi connectivity index (χ0n) is 13.0. The molecule has 5 nitrogen and oxygen atoms in total. The van der Waals surface area contributed by atoms with Crippen molar-refractivity contribution < 1.29 is 4.74 Å². The van der Waals surface area contributed by atoms with E-state index >= 15 is 0 Å². The number of hydrogen-bond donors (Lipinski definition) is 1. The first-order valence-corrected chi connectivity index (χ1v) is 7.67. The Hall–Kier alpha value is -1.36. The van der Waals surface area contributed by atoms with Gasteiger partial charge in [-0.25, -0.2) is 9.97 Å². The van der Waals surface area contributed by atoms with Gasteiger partial charge in [-0.05, 0) is 26.7 Å². The monoisotopic (exact) mass is 278 g/mol. The van der Waals surface area contributed by atoms with Gasteiger partial charge in [0.05, 0.1) is 18.8 Å². The first-order chi connectivity index (χ1) is 9.71. The predicted octanol–water partition coefficient (Wildman–Crippen LogP) is 2.47. The maximum atomic E-state index is 5.78. The summed E-state index contributed by atoms with van der Waals surface area (Å²) in [5, 5.41) is 3.34. The van der Waals surface area contributed by atoms with Crippen molar-refractivity contribution >= 4 is 11.6 Å². The Morgan fingerprint density at radius 3 is 2.80 bits per heavy atom. The molecule has 0 radical (unpaired) electrons. The van der Waals surface area contributed by atoms with Crippen LogP contribution < -0.4 is 10.2 Å². The molecule has 112 valence electrons. The fourth-order valence-corrected chi connectivity index (χ4v) is 2.74. The second-order valence-corrected chi connectivity index (χ2v) is 5.27. The summed E-state index contributed by atoms with van der Waals surface area (Å²) in [5.74, 6) is 2.04. The quantitative estimate of drug-likeness (QED) is 0.896. The molecule has 1 aromatic heterocycles. The number of aromatic nitrogens is 2. The third kappa shape index (κ3) is 3.03. The van der Waals surface area contributed by atoms with Crippen molar-refractivity contribution in [3.05, 3.63) is 11.9 Å². The summed E-state index contributed by atoms with van der Waals surface area (Å²) in [4.78, 5) is 11.4. The van der Waals surface area contributed by atoms with E-state index in [2.05, 4.69) is 47.9 Å². The van der Waals surface area contributed by atoms with Crippen LogP contribution in [0.2, 0.25) is 0 Å². The maximum Gasteiger partial charge on any atom is 0.137 e. The summed E-state index contributed by atoms with van der Waals surface area (Å²) in [6, 6.07) is 0.404. The van der Waals surface area contributed by atoms with Gasteiger partial charge in [0.1, 0.15) is 18.0 Å². The van der Waals surface area contributed by atoms with E-state index in [0.29, 0.717) is 6.04 Å². The lowest BCUT2D eigenvalue weighted by Gasteiger charge is -2.40. The number of hydrogen-bond acceptors (Lipinski definition) is 5. The summed E-state index contributed by atoms with van der Waals surface area (Å²) in [6.07, 6.45) is 3.91. The predicted molar refractivity (Wildman–Crippen MR) is 82.4 cm³/mol. The van der Waals surface area contributed by atoms with E-state index in [4.69, 9.17) is 4.74 Å². The average Bonchev–Trinajstić information content (AvgIpc) is 2.47. The number of nitrogens with zero attached hydrogens (tertiary/aromatic N) is 3. The van der Waals surface area contributed by atoms with Gasteiger partial charge >= 0.3 is 0 Å². The Kier molecular flexibility index (Phi) is 5.17. The second-order valence-electron chi connectivity index (χ2n) is 5.27. The first-order valence-electron chi connectivity index (χ1n) is 7.67. The highest BCUT2D eigenvalue weighted by Crippen LogP contribution is 2.28. The van der Waals surface area contributed by atoms with Gasteiger partial charge in [0.25, 0.3) is 0 Å². The Morgan fingerprint density at radius 2 is 2.15 bits per heavy atom. The van der Waals surface area contributed by atoms with Crippen LogP contribution in [-0.4, -0.2) is 41.8 Å². The molecule has 0 aromatic carbocycles. The molecule has 1 fully saturated rings. The normalized spacial score (nSPS) is 22.9. The highest BCUT2D eigenvalue weighted by Gasteiger charge is 2.28. The molecule has 1 aliphatic rings. The van der Waals surface area contributed by atoms with E-state index in [0.717, 1.165) is 44.2 Å². The number of morpholine rings is 1. The van der Waals surface area contributed by atoms with E-state index in [-0.39, 0.29) is 6.10 Å². The van der Waals surface area contributed by atoms with Crippen molar-refractivity contribution in [3.8, 4) is 0 Å². The molecule has 1 N–H and O–H groups in total. The molecule has 0 bridgehead atoms. The van der Waals surface area contributed by atoms with Crippen LogP contribution in [0, 0.1) is 0 Å². The molecule has 2 rings (SSSR count). The van der Waals surface area contributed by atoms with Crippen molar-refractivity contribution in [2.75, 3.05) is 29.9 Å². The fourth-order valence-electron chi connectivity index (χ4n) is 2.74. The molecule has 20 heavy (non-hydrogen) atoms. The van der Waals surface area contributed by atoms with E-state index < -0.39 is 0 Å². The molecule has 2 heterocycles. The van der Waals surface area contributed by atoms with Crippen molar-refractivity contribution in [2.45, 2.75) is 52.7 Å². The molecule has 1 aromatic rings. The van der Waals surface area contributed by atoms with E-state index in [1.165, 1.54) is 5.56 Å². The van der Waals surface area contributed by atoms with E-state index in [1.807, 2.05) is 0 Å². The van der Waals surface area contributed by atoms with Crippen LogP contribution in [0.1, 0.15) is 39.7 Å².